The summed E-state index contributed by atoms with van der Waals surface area (Å²) in [6.45, 7) is 7.63. The van der Waals surface area contributed by atoms with Crippen molar-refractivity contribution >= 4 is 5.91 Å². The Balaban J connectivity index is 1.96. The van der Waals surface area contributed by atoms with Gasteiger partial charge in [0.1, 0.15) is 0 Å². The lowest BCUT2D eigenvalue weighted by atomic mass is 9.89. The number of hydrogen-bond donors (Lipinski definition) is 2. The second-order valence-electron chi connectivity index (χ2n) is 6.90. The minimum atomic E-state index is -0.233. The molecule has 0 aliphatic carbocycles. The number of hydrogen-bond acceptors (Lipinski definition) is 4. The Bertz CT molecular complexity index is 512. The molecule has 1 fully saturated rings. The monoisotopic (exact) mass is 308 g/mol. The second-order valence-corrected chi connectivity index (χ2v) is 6.90. The fourth-order valence-electron chi connectivity index (χ4n) is 3.16. The zero-order valence-electron chi connectivity index (χ0n) is 14.2. The Morgan fingerprint density at radius 3 is 2.91 bits per heavy atom. The first-order chi connectivity index (χ1) is 10.3. The second kappa shape index (κ2) is 6.79. The third-order valence-electron chi connectivity index (χ3n) is 4.44. The van der Waals surface area contributed by atoms with Crippen LogP contribution in [-0.4, -0.2) is 47.5 Å². The average molecular weight is 308 g/mol. The number of aryl methyl sites for hydroxylation is 1. The lowest BCUT2D eigenvalue weighted by Gasteiger charge is -2.28. The molecule has 0 spiro atoms. The Labute approximate surface area is 132 Å². The highest BCUT2D eigenvalue weighted by Gasteiger charge is 2.35. The molecule has 6 heteroatoms. The van der Waals surface area contributed by atoms with Crippen molar-refractivity contribution in [3.05, 3.63) is 18.0 Å². The SMILES string of the molecule is COC(C)(C)CC(C)NC(=O)[C@H]1CNC[C@@H]1c1cnn(C)c1. The van der Waals surface area contributed by atoms with Gasteiger partial charge in [-0.1, -0.05) is 0 Å². The van der Waals surface area contributed by atoms with Gasteiger partial charge >= 0.3 is 0 Å². The van der Waals surface area contributed by atoms with Crippen molar-refractivity contribution < 1.29 is 9.53 Å². The Morgan fingerprint density at radius 2 is 2.32 bits per heavy atom. The summed E-state index contributed by atoms with van der Waals surface area (Å²) in [5.41, 5.74) is 0.890. The van der Waals surface area contributed by atoms with E-state index in [1.807, 2.05) is 40.2 Å². The smallest absolute Gasteiger partial charge is 0.225 e. The fraction of sp³-hybridized carbons (Fsp3) is 0.750. The van der Waals surface area contributed by atoms with Crippen molar-refractivity contribution in [2.45, 2.75) is 44.8 Å². The number of nitrogens with one attached hydrogen (secondary N) is 2. The molecule has 2 rings (SSSR count). The zero-order chi connectivity index (χ0) is 16.3. The third kappa shape index (κ3) is 4.08. The molecular formula is C16H28N4O2. The number of rotatable bonds is 6. The van der Waals surface area contributed by atoms with Crippen LogP contribution in [0.25, 0.3) is 0 Å². The summed E-state index contributed by atoms with van der Waals surface area (Å²) in [7, 11) is 3.60. The van der Waals surface area contributed by atoms with Crippen LogP contribution < -0.4 is 10.6 Å². The van der Waals surface area contributed by atoms with E-state index in [1.54, 1.807) is 11.8 Å². The highest BCUT2D eigenvalue weighted by Crippen LogP contribution is 2.28. The molecule has 2 N–H and O–H groups in total. The van der Waals surface area contributed by atoms with Gasteiger partial charge in [0.2, 0.25) is 5.91 Å². The largest absolute Gasteiger partial charge is 0.379 e. The van der Waals surface area contributed by atoms with Crippen LogP contribution >= 0.6 is 0 Å². The number of aromatic nitrogens is 2. The molecule has 1 aliphatic rings. The van der Waals surface area contributed by atoms with Crippen molar-refractivity contribution in [2.75, 3.05) is 20.2 Å². The lowest BCUT2D eigenvalue weighted by Crippen LogP contribution is -2.43. The molecule has 1 amide bonds. The van der Waals surface area contributed by atoms with Crippen LogP contribution in [0.5, 0.6) is 0 Å². The molecular weight excluding hydrogens is 280 g/mol. The number of amides is 1. The predicted molar refractivity (Wildman–Crippen MR) is 85.6 cm³/mol. The van der Waals surface area contributed by atoms with E-state index >= 15 is 0 Å². The predicted octanol–water partition coefficient (Wildman–Crippen LogP) is 1.04. The van der Waals surface area contributed by atoms with Crippen LogP contribution in [0, 0.1) is 5.92 Å². The van der Waals surface area contributed by atoms with Gasteiger partial charge in [-0.25, -0.2) is 0 Å². The van der Waals surface area contributed by atoms with Gasteiger partial charge in [-0.2, -0.15) is 5.10 Å². The summed E-state index contributed by atoms with van der Waals surface area (Å²) >= 11 is 0. The third-order valence-corrected chi connectivity index (χ3v) is 4.44. The highest BCUT2D eigenvalue weighted by molar-refractivity contribution is 5.80. The minimum Gasteiger partial charge on any atom is -0.379 e. The van der Waals surface area contributed by atoms with Gasteiger partial charge in [0, 0.05) is 45.4 Å². The standard InChI is InChI=1S/C16H28N4O2/c1-11(6-16(2,3)22-5)19-15(21)14-9-17-8-13(14)12-7-18-20(4)10-12/h7,10-11,13-14,17H,6,8-9H2,1-5H3,(H,19,21)/t11?,13-,14+/m1/s1. The Kier molecular flexibility index (Phi) is 5.24. The molecule has 22 heavy (non-hydrogen) atoms. The molecule has 1 saturated heterocycles. The molecule has 1 aromatic rings. The molecule has 3 atom stereocenters. The van der Waals surface area contributed by atoms with Gasteiger partial charge in [0.15, 0.2) is 0 Å². The van der Waals surface area contributed by atoms with Gasteiger partial charge in [0.05, 0.1) is 17.7 Å². The molecule has 0 aromatic carbocycles. The van der Waals surface area contributed by atoms with Crippen LogP contribution in [0.15, 0.2) is 12.4 Å². The number of carbonyl (C=O) groups excluding carboxylic acids is 1. The van der Waals surface area contributed by atoms with E-state index in [4.69, 9.17) is 4.74 Å². The maximum atomic E-state index is 12.6. The number of methoxy groups -OCH3 is 1. The summed E-state index contributed by atoms with van der Waals surface area (Å²) in [5.74, 6) is 0.256. The molecule has 124 valence electrons. The van der Waals surface area contributed by atoms with Gasteiger partial charge in [0.25, 0.3) is 0 Å². The normalized spacial score (nSPS) is 23.5. The fourth-order valence-corrected chi connectivity index (χ4v) is 3.16. The molecule has 2 heterocycles. The van der Waals surface area contributed by atoms with E-state index in [2.05, 4.69) is 15.7 Å². The molecule has 1 aromatic heterocycles. The summed E-state index contributed by atoms with van der Waals surface area (Å²) < 4.78 is 7.22. The maximum absolute atomic E-state index is 12.6. The van der Waals surface area contributed by atoms with E-state index in [0.717, 1.165) is 18.5 Å². The van der Waals surface area contributed by atoms with Crippen molar-refractivity contribution in [3.8, 4) is 0 Å². The van der Waals surface area contributed by atoms with E-state index in [-0.39, 0.29) is 29.4 Å². The van der Waals surface area contributed by atoms with Crippen molar-refractivity contribution in [1.82, 2.24) is 20.4 Å². The molecule has 1 unspecified atom stereocenters. The Hall–Kier alpha value is -1.40. The molecule has 0 radical (unpaired) electrons. The topological polar surface area (TPSA) is 68.2 Å². The van der Waals surface area contributed by atoms with E-state index in [1.165, 1.54) is 0 Å². The van der Waals surface area contributed by atoms with Crippen LogP contribution in [0.3, 0.4) is 0 Å². The van der Waals surface area contributed by atoms with Gasteiger partial charge < -0.3 is 15.4 Å². The molecule has 1 aliphatic heterocycles. The number of carbonyl (C=O) groups is 1. The van der Waals surface area contributed by atoms with Crippen LogP contribution in [0.1, 0.15) is 38.7 Å². The maximum Gasteiger partial charge on any atom is 0.225 e. The van der Waals surface area contributed by atoms with Gasteiger partial charge in [-0.15, -0.1) is 0 Å². The van der Waals surface area contributed by atoms with Crippen LogP contribution in [-0.2, 0) is 16.6 Å². The van der Waals surface area contributed by atoms with E-state index in [9.17, 15) is 4.79 Å². The minimum absolute atomic E-state index is 0.0442. The number of ether oxygens (including phenoxy) is 1. The van der Waals surface area contributed by atoms with Crippen LogP contribution in [0.4, 0.5) is 0 Å². The molecule has 0 saturated carbocycles. The van der Waals surface area contributed by atoms with Crippen LogP contribution in [0.2, 0.25) is 0 Å². The zero-order valence-corrected chi connectivity index (χ0v) is 14.2. The summed E-state index contributed by atoms with van der Waals surface area (Å²) in [5, 5.41) is 10.7. The summed E-state index contributed by atoms with van der Waals surface area (Å²) in [6.07, 6.45) is 4.64. The summed E-state index contributed by atoms with van der Waals surface area (Å²) in [4.78, 5) is 12.6. The van der Waals surface area contributed by atoms with Crippen molar-refractivity contribution in [3.63, 3.8) is 0 Å². The first kappa shape index (κ1) is 17.0. The first-order valence-electron chi connectivity index (χ1n) is 7.87. The first-order valence-corrected chi connectivity index (χ1v) is 7.87. The highest BCUT2D eigenvalue weighted by atomic mass is 16.5. The van der Waals surface area contributed by atoms with E-state index < -0.39 is 0 Å². The van der Waals surface area contributed by atoms with E-state index in [0.29, 0.717) is 6.54 Å². The summed E-state index contributed by atoms with van der Waals surface area (Å²) in [6, 6.07) is 0.0811. The van der Waals surface area contributed by atoms with Crippen molar-refractivity contribution in [2.24, 2.45) is 13.0 Å². The molecule has 6 nitrogen and oxygen atoms in total. The van der Waals surface area contributed by atoms with Gasteiger partial charge in [-0.3, -0.25) is 9.48 Å². The quantitative estimate of drug-likeness (QED) is 0.824. The molecule has 0 bridgehead atoms. The lowest BCUT2D eigenvalue weighted by molar-refractivity contribution is -0.125. The van der Waals surface area contributed by atoms with Gasteiger partial charge in [-0.05, 0) is 32.8 Å². The Morgan fingerprint density at radius 1 is 1.59 bits per heavy atom. The average Bonchev–Trinajstić information content (AvgIpc) is 3.05. The number of nitrogens with zero attached hydrogens (tertiary/aromatic N) is 2. The van der Waals surface area contributed by atoms with Crippen molar-refractivity contribution in [1.29, 1.82) is 0 Å².